The highest BCUT2D eigenvalue weighted by atomic mass is 32.2. The van der Waals surface area contributed by atoms with Gasteiger partial charge in [0.25, 0.3) is 30.4 Å². The monoisotopic (exact) mass is 1080 g/mol. The molecular weight excluding hydrogens is 1040 g/mol. The van der Waals surface area contributed by atoms with Crippen molar-refractivity contribution in [3.05, 3.63) is 90.5 Å². The smallest absolute Gasteiger partial charge is 0.335 e. The van der Waals surface area contributed by atoms with E-state index in [0.717, 1.165) is 24.3 Å². The summed E-state index contributed by atoms with van der Waals surface area (Å²) < 4.78 is 115. The number of hydrogen-bond acceptors (Lipinski definition) is 23. The number of phenolic OH excluding ortho intramolecular Hbond substituents is 2. The van der Waals surface area contributed by atoms with Crippen molar-refractivity contribution in [3.8, 4) is 17.2 Å². The van der Waals surface area contributed by atoms with Crippen molar-refractivity contribution in [1.29, 1.82) is 0 Å². The van der Waals surface area contributed by atoms with Crippen LogP contribution in [0, 0.1) is 0 Å². The Morgan fingerprint density at radius 2 is 1.32 bits per heavy atom. The Bertz CT molecular complexity index is 3840. The van der Waals surface area contributed by atoms with E-state index in [2.05, 4.69) is 51.4 Å². The maximum Gasteiger partial charge on any atom is 0.335 e. The number of nitrogens with zero attached hydrogens (tertiary/aromatic N) is 8. The zero-order valence-electron chi connectivity index (χ0n) is 37.6. The molecule has 0 aliphatic carbocycles. The Hall–Kier alpha value is -8.72. The van der Waals surface area contributed by atoms with E-state index in [1.165, 1.54) is 61.7 Å². The van der Waals surface area contributed by atoms with Crippen molar-refractivity contribution in [2.75, 3.05) is 60.8 Å². The second kappa shape index (κ2) is 20.4. The number of carboxylic acids is 2. The van der Waals surface area contributed by atoms with Crippen LogP contribution >= 0.6 is 0 Å². The number of phenols is 2. The first-order valence-corrected chi connectivity index (χ1v) is 25.3. The largest absolute Gasteiger partial charge is 0.507 e. The molecule has 2 heterocycles. The first kappa shape index (κ1) is 51.6. The lowest BCUT2D eigenvalue weighted by molar-refractivity contribution is -0.134. The first-order valence-electron chi connectivity index (χ1n) is 21.0. The van der Waals surface area contributed by atoms with E-state index in [1.54, 1.807) is 4.90 Å². The first-order chi connectivity index (χ1) is 34.9. The number of ether oxygens (including phenoxy) is 2. The molecule has 0 amide bonds. The minimum absolute atomic E-state index is 0.0210. The molecule has 1 aliphatic rings. The summed E-state index contributed by atoms with van der Waals surface area (Å²) in [6.45, 7) is 0.589. The second-order valence-corrected chi connectivity index (χ2v) is 19.9. The third-order valence-corrected chi connectivity index (χ3v) is 13.2. The minimum Gasteiger partial charge on any atom is -0.507 e. The van der Waals surface area contributed by atoms with E-state index < -0.39 is 86.4 Å². The SMILES string of the molecule is COc1cc(N=Nc2cc(S(=O)(=O)O)cc3cc(S(=O)(=O)O)cc(O)c23)c(Nc2nc(NCC(=O)O)nc(N3CCOCC3)n2)cc1N=Nc1c(S(=O)(=O)O)cc2ccc(Nc3ccc(C(=O)O)cc3)cc2c1O. The molecule has 31 heteroatoms. The van der Waals surface area contributed by atoms with Gasteiger partial charge in [-0.15, -0.1) is 20.5 Å². The van der Waals surface area contributed by atoms with E-state index >= 15 is 0 Å². The van der Waals surface area contributed by atoms with Gasteiger partial charge in [0.15, 0.2) is 5.75 Å². The lowest BCUT2D eigenvalue weighted by Gasteiger charge is -2.27. The van der Waals surface area contributed by atoms with Gasteiger partial charge in [-0.2, -0.15) is 40.2 Å². The average Bonchev–Trinajstić information content (AvgIpc) is 3.34. The fourth-order valence-corrected chi connectivity index (χ4v) is 8.97. The molecule has 0 spiro atoms. The number of methoxy groups -OCH3 is 1. The van der Waals surface area contributed by atoms with Crippen LogP contribution in [0.3, 0.4) is 0 Å². The zero-order valence-corrected chi connectivity index (χ0v) is 40.1. The predicted octanol–water partition coefficient (Wildman–Crippen LogP) is 6.69. The van der Waals surface area contributed by atoms with Gasteiger partial charge in [-0.05, 0) is 77.5 Å². The van der Waals surface area contributed by atoms with E-state index in [0.29, 0.717) is 43.7 Å². The number of azo groups is 2. The molecule has 1 saturated heterocycles. The molecule has 1 fully saturated rings. The fraction of sp³-hybridized carbons (Fsp3) is 0.140. The minimum atomic E-state index is -5.13. The standard InChI is InChI=1S/C43H37N11O17S3/c1-70-34-19-30(50-52-32-16-26(72(61,62)63)12-23-13-27(73(64,65)66)17-33(55)37(23)32)29(46-42-47-41(44-20-36(56)57)48-43(49-42)54-8-10-71-11-9-54)18-31(34)51-53-38-35(74(67,68)69)14-22-4-7-25(15-28(22)39(38)58)45-24-5-2-21(3-6-24)40(59)60/h2-7,12-19,45,55,58H,8-11,20H2,1H3,(H,56,57)(H,59,60)(H,61,62,63)(H,64,65,66)(H,67,68,69)(H2,44,46,47,48,49). The van der Waals surface area contributed by atoms with Gasteiger partial charge in [0.2, 0.25) is 17.8 Å². The molecule has 1 aromatic heterocycles. The highest BCUT2D eigenvalue weighted by Crippen LogP contribution is 2.46. The topological polar surface area (TPSA) is 424 Å². The van der Waals surface area contributed by atoms with Crippen LogP contribution in [0.2, 0.25) is 0 Å². The maximum absolute atomic E-state index is 12.8. The number of aromatic nitrogens is 3. The molecule has 8 rings (SSSR count). The number of aliphatic carboxylic acids is 1. The van der Waals surface area contributed by atoms with Crippen molar-refractivity contribution in [2.24, 2.45) is 20.5 Å². The Morgan fingerprint density at radius 1 is 0.689 bits per heavy atom. The second-order valence-electron chi connectivity index (χ2n) is 15.6. The van der Waals surface area contributed by atoms with Gasteiger partial charge in [0, 0.05) is 42.0 Å². The van der Waals surface area contributed by atoms with Crippen LogP contribution in [0.1, 0.15) is 10.4 Å². The van der Waals surface area contributed by atoms with Gasteiger partial charge in [0.1, 0.15) is 40.0 Å². The van der Waals surface area contributed by atoms with Crippen molar-refractivity contribution < 1.29 is 78.4 Å². The number of hydrogen-bond donors (Lipinski definition) is 10. The third kappa shape index (κ3) is 11.6. The van der Waals surface area contributed by atoms with Crippen LogP contribution in [0.5, 0.6) is 17.2 Å². The van der Waals surface area contributed by atoms with Gasteiger partial charge in [-0.25, -0.2) is 4.79 Å². The number of anilines is 6. The number of fused-ring (bicyclic) bond motifs is 2. The van der Waals surface area contributed by atoms with E-state index in [-0.39, 0.29) is 67.8 Å². The summed E-state index contributed by atoms with van der Waals surface area (Å²) in [5.74, 6) is -4.61. The molecule has 0 atom stereocenters. The van der Waals surface area contributed by atoms with Gasteiger partial charge in [-0.1, -0.05) is 6.07 Å². The van der Waals surface area contributed by atoms with Crippen LogP contribution in [0.4, 0.5) is 57.7 Å². The molecule has 1 aliphatic heterocycles. The average molecular weight is 1080 g/mol. The van der Waals surface area contributed by atoms with Gasteiger partial charge in [-0.3, -0.25) is 18.5 Å². The molecular formula is C43H37N11O17S3. The highest BCUT2D eigenvalue weighted by molar-refractivity contribution is 7.86. The number of aromatic hydroxyl groups is 2. The number of carbonyl (C=O) groups is 2. The van der Waals surface area contributed by atoms with Crippen LogP contribution in [-0.4, -0.2) is 126 Å². The quantitative estimate of drug-likeness (QED) is 0.0335. The summed E-state index contributed by atoms with van der Waals surface area (Å²) in [6.07, 6.45) is 0. The number of rotatable bonds is 17. The predicted molar refractivity (Wildman–Crippen MR) is 261 cm³/mol. The molecule has 6 aromatic carbocycles. The van der Waals surface area contributed by atoms with Crippen LogP contribution in [-0.2, 0) is 39.9 Å². The third-order valence-electron chi connectivity index (χ3n) is 10.7. The molecule has 0 radical (unpaired) electrons. The van der Waals surface area contributed by atoms with Crippen molar-refractivity contribution >= 4 is 121 Å². The molecule has 384 valence electrons. The Balaban J connectivity index is 1.29. The normalized spacial score (nSPS) is 13.4. The fourth-order valence-electron chi connectivity index (χ4n) is 7.24. The van der Waals surface area contributed by atoms with Gasteiger partial charge in [0.05, 0.1) is 52.4 Å². The molecule has 0 bridgehead atoms. The Morgan fingerprint density at radius 3 is 1.96 bits per heavy atom. The number of carboxylic acid groups (broad SMARTS) is 2. The number of benzene rings is 6. The summed E-state index contributed by atoms with van der Waals surface area (Å²) in [4.78, 5) is 35.2. The summed E-state index contributed by atoms with van der Waals surface area (Å²) in [6, 6.07) is 16.5. The summed E-state index contributed by atoms with van der Waals surface area (Å²) >= 11 is 0. The molecule has 7 aromatic rings. The summed E-state index contributed by atoms with van der Waals surface area (Å²) in [7, 11) is -14.0. The number of nitrogens with one attached hydrogen (secondary N) is 3. The molecule has 0 saturated carbocycles. The van der Waals surface area contributed by atoms with Crippen LogP contribution < -0.4 is 25.6 Å². The van der Waals surface area contributed by atoms with Crippen LogP contribution in [0.25, 0.3) is 21.5 Å². The van der Waals surface area contributed by atoms with Crippen molar-refractivity contribution in [2.45, 2.75) is 14.7 Å². The maximum atomic E-state index is 12.8. The molecule has 10 N–H and O–H groups in total. The Labute approximate surface area is 417 Å². The highest BCUT2D eigenvalue weighted by Gasteiger charge is 2.25. The number of morpholine rings is 1. The van der Waals surface area contributed by atoms with Gasteiger partial charge < -0.3 is 50.8 Å². The van der Waals surface area contributed by atoms with E-state index in [4.69, 9.17) is 9.47 Å². The Kier molecular flexibility index (Phi) is 14.2. The van der Waals surface area contributed by atoms with Gasteiger partial charge >= 0.3 is 11.9 Å². The van der Waals surface area contributed by atoms with Crippen LogP contribution in [0.15, 0.2) is 120 Å². The lowest BCUT2D eigenvalue weighted by atomic mass is 10.1. The zero-order chi connectivity index (χ0) is 53.3. The van der Waals surface area contributed by atoms with E-state index in [9.17, 15) is 68.9 Å². The van der Waals surface area contributed by atoms with Crippen molar-refractivity contribution in [1.82, 2.24) is 15.0 Å². The summed E-state index contributed by atoms with van der Waals surface area (Å²) in [5, 5.41) is 65.9. The van der Waals surface area contributed by atoms with Crippen molar-refractivity contribution in [3.63, 3.8) is 0 Å². The lowest BCUT2D eigenvalue weighted by Crippen LogP contribution is -2.37. The molecule has 74 heavy (non-hydrogen) atoms. The number of aromatic carboxylic acids is 1. The molecule has 0 unspecified atom stereocenters. The van der Waals surface area contributed by atoms with E-state index in [1.807, 2.05) is 0 Å². The summed E-state index contributed by atoms with van der Waals surface area (Å²) in [5.41, 5.74) is -1.03. The molecule has 28 nitrogen and oxygen atoms in total.